The van der Waals surface area contributed by atoms with E-state index >= 15 is 0 Å². The minimum atomic E-state index is -0.439. The number of pyridine rings is 1. The van der Waals surface area contributed by atoms with Gasteiger partial charge in [0, 0.05) is 37.4 Å². The number of hydrogen-bond acceptors (Lipinski definition) is 7. The zero-order valence-electron chi connectivity index (χ0n) is 20.5. The maximum Gasteiger partial charge on any atom is 0.347 e. The number of aryl methyl sites for hydroxylation is 2. The third-order valence-corrected chi connectivity index (χ3v) is 5.25. The van der Waals surface area contributed by atoms with Crippen molar-refractivity contribution < 1.29 is 4.42 Å². The van der Waals surface area contributed by atoms with Crippen molar-refractivity contribution >= 4 is 22.6 Å². The summed E-state index contributed by atoms with van der Waals surface area (Å²) in [6.07, 6.45) is 4.79. The minimum Gasteiger partial charge on any atom is -0.403 e. The summed E-state index contributed by atoms with van der Waals surface area (Å²) in [6.45, 7) is 15.6. The van der Waals surface area contributed by atoms with Crippen LogP contribution in [0, 0.1) is 13.8 Å². The Hall–Kier alpha value is -3.26. The van der Waals surface area contributed by atoms with E-state index in [1.807, 2.05) is 70.5 Å². The molecule has 33 heavy (non-hydrogen) atoms. The molecule has 1 aliphatic rings. The van der Waals surface area contributed by atoms with Crippen LogP contribution in [0.25, 0.3) is 28.0 Å². The second-order valence-corrected chi connectivity index (χ2v) is 7.43. The van der Waals surface area contributed by atoms with E-state index < -0.39 is 5.63 Å². The van der Waals surface area contributed by atoms with Crippen molar-refractivity contribution in [2.45, 2.75) is 48.0 Å². The lowest BCUT2D eigenvalue weighted by Gasteiger charge is -2.20. The van der Waals surface area contributed by atoms with E-state index in [4.69, 9.17) is 4.42 Å². The van der Waals surface area contributed by atoms with Gasteiger partial charge in [0.05, 0.1) is 22.6 Å². The summed E-state index contributed by atoms with van der Waals surface area (Å²) in [5.41, 5.74) is 3.35. The van der Waals surface area contributed by atoms with Gasteiger partial charge in [0.2, 0.25) is 5.71 Å². The second kappa shape index (κ2) is 11.0. The van der Waals surface area contributed by atoms with Gasteiger partial charge in [-0.2, -0.15) is 4.98 Å². The van der Waals surface area contributed by atoms with Gasteiger partial charge in [-0.1, -0.05) is 27.7 Å². The van der Waals surface area contributed by atoms with Crippen LogP contribution in [0.2, 0.25) is 0 Å². The quantitative estimate of drug-likeness (QED) is 0.485. The van der Waals surface area contributed by atoms with Gasteiger partial charge >= 0.3 is 5.63 Å². The van der Waals surface area contributed by atoms with Crippen LogP contribution in [-0.4, -0.2) is 45.5 Å². The smallest absolute Gasteiger partial charge is 0.347 e. The van der Waals surface area contributed by atoms with Crippen LogP contribution < -0.4 is 15.8 Å². The highest BCUT2D eigenvalue weighted by Gasteiger charge is 2.16. The van der Waals surface area contributed by atoms with E-state index in [0.29, 0.717) is 17.0 Å². The van der Waals surface area contributed by atoms with E-state index in [0.717, 1.165) is 60.8 Å². The zero-order chi connectivity index (χ0) is 24.0. The average Bonchev–Trinajstić information content (AvgIpc) is 3.07. The number of nitrogens with one attached hydrogen (secondary N) is 1. The molecule has 8 heteroatoms. The molecule has 0 saturated carbocycles. The molecule has 1 N–H and O–H groups in total. The minimum absolute atomic E-state index is 0.353. The van der Waals surface area contributed by atoms with Crippen molar-refractivity contribution in [3.63, 3.8) is 0 Å². The summed E-state index contributed by atoms with van der Waals surface area (Å²) in [5, 5.41) is 4.16. The zero-order valence-corrected chi connectivity index (χ0v) is 20.5. The molecular formula is C25H34N6O2. The molecule has 0 atom stereocenters. The maximum atomic E-state index is 12.7. The van der Waals surface area contributed by atoms with Gasteiger partial charge in [-0.25, -0.2) is 9.78 Å². The molecule has 8 nitrogen and oxygen atoms in total. The number of rotatable bonds is 2. The molecule has 0 aliphatic carbocycles. The van der Waals surface area contributed by atoms with Gasteiger partial charge in [-0.15, -0.1) is 0 Å². The molecular weight excluding hydrogens is 416 g/mol. The summed E-state index contributed by atoms with van der Waals surface area (Å²) < 4.78 is 7.48. The number of hydrogen-bond donors (Lipinski definition) is 1. The molecule has 1 saturated heterocycles. The first-order valence-electron chi connectivity index (χ1n) is 11.8. The maximum absolute atomic E-state index is 12.7. The van der Waals surface area contributed by atoms with Gasteiger partial charge in [0.15, 0.2) is 5.65 Å². The highest BCUT2D eigenvalue weighted by Crippen LogP contribution is 2.23. The highest BCUT2D eigenvalue weighted by molar-refractivity contribution is 5.80. The van der Waals surface area contributed by atoms with Crippen LogP contribution in [0.5, 0.6) is 0 Å². The summed E-state index contributed by atoms with van der Waals surface area (Å²) in [4.78, 5) is 28.6. The third kappa shape index (κ3) is 5.22. The second-order valence-electron chi connectivity index (χ2n) is 7.43. The molecule has 0 unspecified atom stereocenters. The van der Waals surface area contributed by atoms with Crippen LogP contribution >= 0.6 is 0 Å². The van der Waals surface area contributed by atoms with Crippen LogP contribution in [0.15, 0.2) is 39.8 Å². The predicted molar refractivity (Wildman–Crippen MR) is 134 cm³/mol. The normalized spacial score (nSPS) is 13.7. The number of fused-ring (bicyclic) bond motifs is 2. The first kappa shape index (κ1) is 24.4. The van der Waals surface area contributed by atoms with Gasteiger partial charge in [-0.05, 0) is 45.0 Å². The van der Waals surface area contributed by atoms with Gasteiger partial charge < -0.3 is 19.0 Å². The Bertz CT molecular complexity index is 1270. The van der Waals surface area contributed by atoms with Crippen LogP contribution in [0.3, 0.4) is 0 Å². The number of nitrogens with zero attached hydrogens (tertiary/aromatic N) is 5. The van der Waals surface area contributed by atoms with Crippen LogP contribution in [-0.2, 0) is 0 Å². The predicted octanol–water partition coefficient (Wildman–Crippen LogP) is 4.37. The van der Waals surface area contributed by atoms with Crippen molar-refractivity contribution in [3.05, 3.63) is 52.4 Å². The fourth-order valence-corrected chi connectivity index (χ4v) is 3.85. The molecule has 0 amide bonds. The Morgan fingerprint density at radius 3 is 2.55 bits per heavy atom. The fraction of sp³-hybridized carbons (Fsp3) is 0.440. The first-order chi connectivity index (χ1) is 16.1. The monoisotopic (exact) mass is 450 g/mol. The summed E-state index contributed by atoms with van der Waals surface area (Å²) in [6, 6.07) is 5.74. The Morgan fingerprint density at radius 1 is 0.970 bits per heavy atom. The topological polar surface area (TPSA) is 88.6 Å². The van der Waals surface area contributed by atoms with Crippen molar-refractivity contribution in [1.29, 1.82) is 0 Å². The fourth-order valence-electron chi connectivity index (χ4n) is 3.85. The largest absolute Gasteiger partial charge is 0.403 e. The molecule has 4 aromatic rings. The summed E-state index contributed by atoms with van der Waals surface area (Å²) in [7, 11) is 0. The standard InChI is InChI=1S/C21H22N6O2.2C2H6/c1-13-11-27-12-17(24-19(27)14(2)23-13)16-10-15-4-5-18(25-20(15)29-21(16)28)26-8-3-6-22-7-9-26;2*1-2/h4-5,10-12,22H,3,6-9H2,1-2H3;2*1-2H3. The van der Waals surface area contributed by atoms with E-state index in [1.54, 1.807) is 6.07 Å². The van der Waals surface area contributed by atoms with E-state index in [-0.39, 0.29) is 0 Å². The molecule has 1 aliphatic heterocycles. The van der Waals surface area contributed by atoms with E-state index in [2.05, 4.69) is 25.2 Å². The highest BCUT2D eigenvalue weighted by atomic mass is 16.4. The van der Waals surface area contributed by atoms with E-state index in [9.17, 15) is 4.79 Å². The molecule has 4 aromatic heterocycles. The number of imidazole rings is 1. The lowest BCUT2D eigenvalue weighted by Crippen LogP contribution is -2.28. The number of anilines is 1. The SMILES string of the molecule is CC.CC.Cc1cn2cc(-c3cc4ccc(N5CCCNCC5)nc4oc3=O)nc2c(C)n1. The third-order valence-electron chi connectivity index (χ3n) is 5.25. The molecule has 0 bridgehead atoms. The molecule has 5 heterocycles. The molecule has 0 aromatic carbocycles. The molecule has 0 radical (unpaired) electrons. The Morgan fingerprint density at radius 2 is 1.76 bits per heavy atom. The van der Waals surface area contributed by atoms with Crippen molar-refractivity contribution in [3.8, 4) is 11.3 Å². The van der Waals surface area contributed by atoms with Gasteiger partial charge in [0.25, 0.3) is 0 Å². The molecule has 176 valence electrons. The lowest BCUT2D eigenvalue weighted by molar-refractivity contribution is 0.551. The van der Waals surface area contributed by atoms with Crippen LogP contribution in [0.4, 0.5) is 5.82 Å². The Kier molecular flexibility index (Phi) is 8.16. The summed E-state index contributed by atoms with van der Waals surface area (Å²) >= 11 is 0. The molecule has 0 spiro atoms. The van der Waals surface area contributed by atoms with E-state index in [1.165, 1.54) is 0 Å². The van der Waals surface area contributed by atoms with Gasteiger partial charge in [0.1, 0.15) is 5.82 Å². The van der Waals surface area contributed by atoms with Crippen molar-refractivity contribution in [1.82, 2.24) is 24.7 Å². The van der Waals surface area contributed by atoms with Gasteiger partial charge in [-0.3, -0.25) is 4.98 Å². The Balaban J connectivity index is 0.000000728. The molecule has 5 rings (SSSR count). The molecule has 1 fully saturated rings. The lowest BCUT2D eigenvalue weighted by atomic mass is 10.2. The number of aromatic nitrogens is 4. The average molecular weight is 451 g/mol. The van der Waals surface area contributed by atoms with Crippen molar-refractivity contribution in [2.75, 3.05) is 31.1 Å². The van der Waals surface area contributed by atoms with Crippen molar-refractivity contribution in [2.24, 2.45) is 0 Å². The Labute approximate surface area is 194 Å². The van der Waals surface area contributed by atoms with Crippen LogP contribution in [0.1, 0.15) is 45.5 Å². The summed E-state index contributed by atoms with van der Waals surface area (Å²) in [5.74, 6) is 0.835. The first-order valence-corrected chi connectivity index (χ1v) is 11.8.